The average Bonchev–Trinajstić information content (AvgIpc) is 1.77. The van der Waals surface area contributed by atoms with Crippen LogP contribution in [0.15, 0.2) is 21.5 Å². The molecular formula is C6H7IO. The molecule has 1 aliphatic carbocycles. The lowest BCUT2D eigenvalue weighted by Gasteiger charge is -2.02. The summed E-state index contributed by atoms with van der Waals surface area (Å²) >= 11 is 2.27. The van der Waals surface area contributed by atoms with Gasteiger partial charge in [0.05, 0.1) is 5.76 Å². The lowest BCUT2D eigenvalue weighted by molar-refractivity contribution is 0.387. The van der Waals surface area contributed by atoms with Crippen LogP contribution in [0.2, 0.25) is 0 Å². The topological polar surface area (TPSA) is 20.2 Å². The molecule has 0 aliphatic heterocycles. The molecule has 0 unspecified atom stereocenters. The van der Waals surface area contributed by atoms with Crippen molar-refractivity contribution < 1.29 is 5.11 Å². The zero-order valence-electron chi connectivity index (χ0n) is 4.39. The van der Waals surface area contributed by atoms with Crippen molar-refractivity contribution in [2.75, 3.05) is 0 Å². The summed E-state index contributed by atoms with van der Waals surface area (Å²) in [6.07, 6.45) is 5.52. The van der Waals surface area contributed by atoms with Gasteiger partial charge in [0.25, 0.3) is 0 Å². The van der Waals surface area contributed by atoms with E-state index in [1.807, 2.05) is 6.08 Å². The number of aliphatic hydroxyl groups is 1. The van der Waals surface area contributed by atoms with Gasteiger partial charge in [0.2, 0.25) is 0 Å². The van der Waals surface area contributed by atoms with E-state index in [1.165, 1.54) is 3.58 Å². The monoisotopic (exact) mass is 222 g/mol. The minimum atomic E-state index is 0.505. The van der Waals surface area contributed by atoms with Gasteiger partial charge >= 0.3 is 0 Å². The Morgan fingerprint density at radius 1 is 1.38 bits per heavy atom. The highest BCUT2D eigenvalue weighted by Gasteiger charge is 1.99. The molecule has 2 heteroatoms. The van der Waals surface area contributed by atoms with E-state index in [0.29, 0.717) is 5.76 Å². The van der Waals surface area contributed by atoms with Crippen molar-refractivity contribution in [1.29, 1.82) is 0 Å². The molecule has 0 radical (unpaired) electrons. The third-order valence-electron chi connectivity index (χ3n) is 1.08. The minimum absolute atomic E-state index is 0.505. The fraction of sp³-hybridized carbons (Fsp3) is 0.333. The van der Waals surface area contributed by atoms with Crippen LogP contribution in [0.1, 0.15) is 12.8 Å². The molecule has 0 aromatic rings. The fourth-order valence-electron chi connectivity index (χ4n) is 0.601. The number of hydrogen-bond donors (Lipinski definition) is 1. The zero-order valence-corrected chi connectivity index (χ0v) is 6.55. The molecule has 0 aromatic carbocycles. The smallest absolute Gasteiger partial charge is 0.0926 e. The van der Waals surface area contributed by atoms with Crippen molar-refractivity contribution in [1.82, 2.24) is 0 Å². The number of allylic oxidation sites excluding steroid dienone is 4. The second kappa shape index (κ2) is 2.53. The molecular weight excluding hydrogens is 215 g/mol. The first-order valence-corrected chi connectivity index (χ1v) is 3.61. The molecule has 1 nitrogen and oxygen atoms in total. The molecule has 1 aliphatic rings. The Balaban J connectivity index is 2.65. The number of halogens is 1. The molecule has 0 heterocycles. The van der Waals surface area contributed by atoms with E-state index in [1.54, 1.807) is 6.08 Å². The number of hydrogen-bond acceptors (Lipinski definition) is 1. The predicted octanol–water partition coefficient (Wildman–Crippen LogP) is 2.54. The van der Waals surface area contributed by atoms with Gasteiger partial charge in [-0.2, -0.15) is 0 Å². The summed E-state index contributed by atoms with van der Waals surface area (Å²) in [7, 11) is 0. The Morgan fingerprint density at radius 3 is 2.50 bits per heavy atom. The molecule has 1 rings (SSSR count). The summed E-state index contributed by atoms with van der Waals surface area (Å²) in [5, 5.41) is 8.84. The third kappa shape index (κ3) is 1.51. The highest BCUT2D eigenvalue weighted by atomic mass is 127. The molecule has 0 saturated heterocycles. The minimum Gasteiger partial charge on any atom is -0.512 e. The molecule has 8 heavy (non-hydrogen) atoms. The summed E-state index contributed by atoms with van der Waals surface area (Å²) in [6, 6.07) is 0. The van der Waals surface area contributed by atoms with E-state index in [0.717, 1.165) is 12.8 Å². The fourth-order valence-corrected chi connectivity index (χ4v) is 1.05. The first kappa shape index (κ1) is 6.13. The van der Waals surface area contributed by atoms with Crippen LogP contribution in [0, 0.1) is 0 Å². The Kier molecular flexibility index (Phi) is 1.94. The lowest BCUT2D eigenvalue weighted by atomic mass is 10.2. The quantitative estimate of drug-likeness (QED) is 0.624. The Morgan fingerprint density at radius 2 is 2.12 bits per heavy atom. The lowest BCUT2D eigenvalue weighted by Crippen LogP contribution is -1.86. The second-order valence-corrected chi connectivity index (χ2v) is 3.16. The van der Waals surface area contributed by atoms with E-state index in [9.17, 15) is 0 Å². The van der Waals surface area contributed by atoms with Crippen LogP contribution in [0.4, 0.5) is 0 Å². The number of rotatable bonds is 0. The predicted molar refractivity (Wildman–Crippen MR) is 42.0 cm³/mol. The largest absolute Gasteiger partial charge is 0.512 e. The summed E-state index contributed by atoms with van der Waals surface area (Å²) in [4.78, 5) is 0. The Bertz CT molecular complexity index is 129. The van der Waals surface area contributed by atoms with Crippen molar-refractivity contribution in [2.45, 2.75) is 12.8 Å². The van der Waals surface area contributed by atoms with Gasteiger partial charge in [-0.3, -0.25) is 0 Å². The van der Waals surface area contributed by atoms with Gasteiger partial charge in [-0.1, -0.05) is 0 Å². The van der Waals surface area contributed by atoms with Crippen LogP contribution < -0.4 is 0 Å². The summed E-state index contributed by atoms with van der Waals surface area (Å²) < 4.78 is 1.32. The maximum absolute atomic E-state index is 8.84. The van der Waals surface area contributed by atoms with Crippen molar-refractivity contribution in [3.8, 4) is 0 Å². The van der Waals surface area contributed by atoms with Gasteiger partial charge in [-0.25, -0.2) is 0 Å². The summed E-state index contributed by atoms with van der Waals surface area (Å²) in [5.74, 6) is 0.505. The maximum Gasteiger partial charge on any atom is 0.0926 e. The van der Waals surface area contributed by atoms with Crippen LogP contribution >= 0.6 is 22.6 Å². The third-order valence-corrected chi connectivity index (χ3v) is 1.98. The van der Waals surface area contributed by atoms with E-state index in [4.69, 9.17) is 5.11 Å². The van der Waals surface area contributed by atoms with Crippen LogP contribution in [-0.2, 0) is 0 Å². The molecule has 0 bridgehead atoms. The molecule has 0 aromatic heterocycles. The van der Waals surface area contributed by atoms with Gasteiger partial charge in [0.15, 0.2) is 0 Å². The molecule has 44 valence electrons. The highest BCUT2D eigenvalue weighted by Crippen LogP contribution is 2.20. The molecule has 0 saturated carbocycles. The summed E-state index contributed by atoms with van der Waals surface area (Å²) in [5.41, 5.74) is 0. The van der Waals surface area contributed by atoms with Crippen molar-refractivity contribution in [3.05, 3.63) is 21.5 Å². The van der Waals surface area contributed by atoms with E-state index in [-0.39, 0.29) is 0 Å². The number of aliphatic hydroxyl groups excluding tert-OH is 1. The van der Waals surface area contributed by atoms with Crippen molar-refractivity contribution in [3.63, 3.8) is 0 Å². The first-order chi connectivity index (χ1) is 3.79. The highest BCUT2D eigenvalue weighted by molar-refractivity contribution is 14.1. The normalized spacial score (nSPS) is 19.6. The molecule has 1 N–H and O–H groups in total. The van der Waals surface area contributed by atoms with Crippen LogP contribution in [0.5, 0.6) is 0 Å². The van der Waals surface area contributed by atoms with Gasteiger partial charge in [-0.15, -0.1) is 0 Å². The Labute approximate surface area is 62.2 Å². The standard InChI is InChI=1S/C6H7IO/c7-5-1-3-6(8)4-2-5/h1,3,8H,2,4H2. The van der Waals surface area contributed by atoms with E-state index >= 15 is 0 Å². The average molecular weight is 222 g/mol. The van der Waals surface area contributed by atoms with Crippen molar-refractivity contribution in [2.24, 2.45) is 0 Å². The van der Waals surface area contributed by atoms with Gasteiger partial charge in [0, 0.05) is 6.42 Å². The van der Waals surface area contributed by atoms with E-state index < -0.39 is 0 Å². The molecule has 0 spiro atoms. The van der Waals surface area contributed by atoms with Gasteiger partial charge in [-0.05, 0) is 44.7 Å². The maximum atomic E-state index is 8.84. The molecule has 0 atom stereocenters. The van der Waals surface area contributed by atoms with E-state index in [2.05, 4.69) is 22.6 Å². The second-order valence-electron chi connectivity index (χ2n) is 1.77. The van der Waals surface area contributed by atoms with Crippen molar-refractivity contribution >= 4 is 22.6 Å². The Hall–Kier alpha value is 0.01000. The van der Waals surface area contributed by atoms with Crippen LogP contribution in [0.3, 0.4) is 0 Å². The first-order valence-electron chi connectivity index (χ1n) is 2.53. The molecule has 0 amide bonds. The van der Waals surface area contributed by atoms with Crippen LogP contribution in [0.25, 0.3) is 0 Å². The SMILES string of the molecule is OC1=CC=C(I)CC1. The van der Waals surface area contributed by atoms with Gasteiger partial charge < -0.3 is 5.11 Å². The van der Waals surface area contributed by atoms with Crippen LogP contribution in [-0.4, -0.2) is 5.11 Å². The molecule has 0 fully saturated rings. The van der Waals surface area contributed by atoms with Gasteiger partial charge in [0.1, 0.15) is 0 Å². The zero-order chi connectivity index (χ0) is 5.98. The summed E-state index contributed by atoms with van der Waals surface area (Å²) in [6.45, 7) is 0.